The van der Waals surface area contributed by atoms with Gasteiger partial charge in [-0.2, -0.15) is 0 Å². The molecule has 1 saturated carbocycles. The third kappa shape index (κ3) is 3.44. The molecule has 0 aromatic heterocycles. The molecule has 1 aliphatic heterocycles. The molecule has 1 spiro atoms. The second-order valence-electron chi connectivity index (χ2n) is 7.92. The Balaban J connectivity index is 1.70. The van der Waals surface area contributed by atoms with Crippen LogP contribution in [0, 0.1) is 12.7 Å². The summed E-state index contributed by atoms with van der Waals surface area (Å²) >= 11 is 5.74. The van der Waals surface area contributed by atoms with E-state index in [1.54, 1.807) is 31.2 Å². The van der Waals surface area contributed by atoms with Crippen molar-refractivity contribution in [2.45, 2.75) is 50.0 Å². The Bertz CT molecular complexity index is 1010. The van der Waals surface area contributed by atoms with E-state index in [2.05, 4.69) is 5.32 Å². The van der Waals surface area contributed by atoms with E-state index in [0.29, 0.717) is 16.7 Å². The summed E-state index contributed by atoms with van der Waals surface area (Å²) in [4.78, 5) is 25.9. The van der Waals surface area contributed by atoms with Gasteiger partial charge < -0.3 is 5.32 Å². The summed E-state index contributed by atoms with van der Waals surface area (Å²) in [6.07, 6.45) is -0.978. The number of halogens is 4. The van der Waals surface area contributed by atoms with Gasteiger partial charge in [-0.1, -0.05) is 29.8 Å². The molecule has 2 aliphatic rings. The van der Waals surface area contributed by atoms with Crippen LogP contribution in [0.25, 0.3) is 11.1 Å². The number of amides is 1. The molecule has 1 saturated heterocycles. The van der Waals surface area contributed by atoms with Gasteiger partial charge in [0.25, 0.3) is 0 Å². The Kier molecular flexibility index (Phi) is 4.73. The maximum Gasteiger partial charge on any atom is 0.248 e. The molecule has 0 radical (unpaired) electrons. The Labute approximate surface area is 171 Å². The van der Waals surface area contributed by atoms with Gasteiger partial charge in [-0.25, -0.2) is 13.2 Å². The SMILES string of the molecule is Cc1ccc(-c2ccc(Cl)c(F)c2)cc1C1C(=O)NC2(CCC(F)(F)CC2)C1=O. The van der Waals surface area contributed by atoms with Crippen LogP contribution in [0.2, 0.25) is 5.02 Å². The van der Waals surface area contributed by atoms with Crippen LogP contribution in [0.4, 0.5) is 13.2 Å². The van der Waals surface area contributed by atoms with Gasteiger partial charge >= 0.3 is 0 Å². The minimum atomic E-state index is -2.80. The summed E-state index contributed by atoms with van der Waals surface area (Å²) in [5, 5.41) is 2.71. The number of rotatable bonds is 2. The van der Waals surface area contributed by atoms with Gasteiger partial charge in [0, 0.05) is 12.8 Å². The van der Waals surface area contributed by atoms with Gasteiger partial charge in [0.15, 0.2) is 5.78 Å². The number of hydrogen-bond acceptors (Lipinski definition) is 2. The van der Waals surface area contributed by atoms with E-state index in [-0.39, 0.29) is 23.6 Å². The summed E-state index contributed by atoms with van der Waals surface area (Å²) in [6, 6.07) is 9.61. The number of Topliss-reactive ketones (excluding diaryl/α,β-unsaturated/α-hetero) is 1. The molecule has 4 rings (SSSR count). The number of nitrogens with one attached hydrogen (secondary N) is 1. The molecule has 0 bridgehead atoms. The molecule has 7 heteroatoms. The van der Waals surface area contributed by atoms with Crippen molar-refractivity contribution in [3.05, 3.63) is 58.4 Å². The highest BCUT2D eigenvalue weighted by molar-refractivity contribution is 6.30. The van der Waals surface area contributed by atoms with E-state index in [0.717, 1.165) is 5.56 Å². The van der Waals surface area contributed by atoms with Crippen molar-refractivity contribution in [3.8, 4) is 11.1 Å². The largest absolute Gasteiger partial charge is 0.343 e. The number of carbonyl (C=O) groups excluding carboxylic acids is 2. The van der Waals surface area contributed by atoms with Crippen molar-refractivity contribution in [2.75, 3.05) is 0 Å². The molecule has 2 aromatic carbocycles. The Morgan fingerprint density at radius 2 is 1.62 bits per heavy atom. The molecule has 1 aliphatic carbocycles. The topological polar surface area (TPSA) is 46.2 Å². The van der Waals surface area contributed by atoms with E-state index < -0.39 is 41.9 Å². The van der Waals surface area contributed by atoms with E-state index in [1.165, 1.54) is 12.1 Å². The van der Waals surface area contributed by atoms with E-state index in [4.69, 9.17) is 11.6 Å². The van der Waals surface area contributed by atoms with E-state index >= 15 is 0 Å². The predicted octanol–water partition coefficient (Wildman–Crippen LogP) is 5.19. The zero-order chi connectivity index (χ0) is 21.0. The van der Waals surface area contributed by atoms with Crippen molar-refractivity contribution < 1.29 is 22.8 Å². The number of benzene rings is 2. The minimum absolute atomic E-state index is 0.00229. The Morgan fingerprint density at radius 1 is 1.00 bits per heavy atom. The highest BCUT2D eigenvalue weighted by atomic mass is 35.5. The molecule has 152 valence electrons. The number of ketones is 1. The van der Waals surface area contributed by atoms with Crippen molar-refractivity contribution in [2.24, 2.45) is 0 Å². The van der Waals surface area contributed by atoms with Gasteiger partial charge in [0.1, 0.15) is 17.3 Å². The minimum Gasteiger partial charge on any atom is -0.343 e. The molecule has 2 aromatic rings. The first-order valence-electron chi connectivity index (χ1n) is 9.42. The van der Waals surface area contributed by atoms with Gasteiger partial charge in [-0.15, -0.1) is 0 Å². The van der Waals surface area contributed by atoms with E-state index in [1.807, 2.05) is 0 Å². The van der Waals surface area contributed by atoms with Gasteiger partial charge in [-0.3, -0.25) is 9.59 Å². The first-order valence-corrected chi connectivity index (χ1v) is 9.80. The van der Waals surface area contributed by atoms with Crippen molar-refractivity contribution in [1.82, 2.24) is 5.32 Å². The molecule has 1 amide bonds. The molecule has 2 fully saturated rings. The predicted molar refractivity (Wildman–Crippen MR) is 104 cm³/mol. The third-order valence-electron chi connectivity index (χ3n) is 6.04. The first kappa shape index (κ1) is 20.0. The molecule has 1 unspecified atom stereocenters. The van der Waals surface area contributed by atoms with Crippen molar-refractivity contribution in [3.63, 3.8) is 0 Å². The van der Waals surface area contributed by atoms with Crippen LogP contribution in [0.5, 0.6) is 0 Å². The van der Waals surface area contributed by atoms with Crippen LogP contribution in [-0.4, -0.2) is 23.2 Å². The number of alkyl halides is 2. The smallest absolute Gasteiger partial charge is 0.248 e. The number of aryl methyl sites for hydroxylation is 1. The fraction of sp³-hybridized carbons (Fsp3) is 0.364. The lowest BCUT2D eigenvalue weighted by atomic mass is 9.75. The highest BCUT2D eigenvalue weighted by Gasteiger charge is 2.56. The fourth-order valence-corrected chi connectivity index (χ4v) is 4.39. The average molecular weight is 422 g/mol. The van der Waals surface area contributed by atoms with Crippen LogP contribution in [0.3, 0.4) is 0 Å². The van der Waals surface area contributed by atoms with Crippen LogP contribution in [-0.2, 0) is 9.59 Å². The molecule has 1 N–H and O–H groups in total. The maximum atomic E-state index is 13.9. The lowest BCUT2D eigenvalue weighted by Gasteiger charge is -2.35. The zero-order valence-corrected chi connectivity index (χ0v) is 16.5. The second-order valence-corrected chi connectivity index (χ2v) is 8.33. The molecule has 3 nitrogen and oxygen atoms in total. The zero-order valence-electron chi connectivity index (χ0n) is 15.7. The Hall–Kier alpha value is -2.34. The summed E-state index contributed by atoms with van der Waals surface area (Å²) < 4.78 is 41.0. The van der Waals surface area contributed by atoms with Gasteiger partial charge in [0.2, 0.25) is 11.8 Å². The summed E-state index contributed by atoms with van der Waals surface area (Å²) in [7, 11) is 0. The lowest BCUT2D eigenvalue weighted by Crippen LogP contribution is -2.51. The van der Waals surface area contributed by atoms with Gasteiger partial charge in [0.05, 0.1) is 5.02 Å². The van der Waals surface area contributed by atoms with Crippen LogP contribution < -0.4 is 5.32 Å². The van der Waals surface area contributed by atoms with Crippen molar-refractivity contribution in [1.29, 1.82) is 0 Å². The first-order chi connectivity index (χ1) is 13.6. The van der Waals surface area contributed by atoms with Crippen LogP contribution in [0.1, 0.15) is 42.7 Å². The van der Waals surface area contributed by atoms with E-state index in [9.17, 15) is 22.8 Å². The molecular weight excluding hydrogens is 403 g/mol. The molecule has 1 heterocycles. The standard InChI is InChI=1S/C22H19ClF3NO2/c1-12-2-3-13(14-4-5-16(23)17(24)11-14)10-15(12)18-19(28)21(27-20(18)29)6-8-22(25,26)9-7-21/h2-5,10-11,18H,6-9H2,1H3,(H,27,29). The summed E-state index contributed by atoms with van der Waals surface area (Å²) in [5.74, 6) is -5.26. The number of hydrogen-bond donors (Lipinski definition) is 1. The Morgan fingerprint density at radius 3 is 2.28 bits per heavy atom. The summed E-state index contributed by atoms with van der Waals surface area (Å²) in [5.41, 5.74) is 1.21. The number of carbonyl (C=O) groups is 2. The molecule has 29 heavy (non-hydrogen) atoms. The third-order valence-corrected chi connectivity index (χ3v) is 6.34. The lowest BCUT2D eigenvalue weighted by molar-refractivity contribution is -0.128. The molecular formula is C22H19ClF3NO2. The molecule has 1 atom stereocenters. The fourth-order valence-electron chi connectivity index (χ4n) is 4.27. The average Bonchev–Trinajstić information content (AvgIpc) is 2.91. The van der Waals surface area contributed by atoms with Crippen LogP contribution >= 0.6 is 11.6 Å². The second kappa shape index (κ2) is 6.87. The highest BCUT2D eigenvalue weighted by Crippen LogP contribution is 2.45. The summed E-state index contributed by atoms with van der Waals surface area (Å²) in [6.45, 7) is 1.78. The van der Waals surface area contributed by atoms with Gasteiger partial charge in [-0.05, 0) is 60.2 Å². The maximum absolute atomic E-state index is 13.9. The van der Waals surface area contributed by atoms with Crippen molar-refractivity contribution >= 4 is 23.3 Å². The quantitative estimate of drug-likeness (QED) is 0.679. The normalized spacial score (nSPS) is 22.7. The van der Waals surface area contributed by atoms with Crippen LogP contribution in [0.15, 0.2) is 36.4 Å². The monoisotopic (exact) mass is 421 g/mol.